The van der Waals surface area contributed by atoms with E-state index in [1.807, 2.05) is 19.1 Å². The van der Waals surface area contributed by atoms with Gasteiger partial charge in [-0.1, -0.05) is 29.5 Å². The summed E-state index contributed by atoms with van der Waals surface area (Å²) in [7, 11) is 3.10. The van der Waals surface area contributed by atoms with Crippen LogP contribution in [0.3, 0.4) is 0 Å². The number of hydrogen-bond donors (Lipinski definition) is 2. The Balaban J connectivity index is 1.51. The maximum Gasteiger partial charge on any atom is 0.277 e. The molecule has 30 heavy (non-hydrogen) atoms. The lowest BCUT2D eigenvalue weighted by Crippen LogP contribution is -2.14. The normalized spacial score (nSPS) is 10.5. The van der Waals surface area contributed by atoms with E-state index in [0.29, 0.717) is 34.8 Å². The fraction of sp³-hybridized carbons (Fsp3) is 0.286. The average Bonchev–Trinajstić information content (AvgIpc) is 3.20. The summed E-state index contributed by atoms with van der Waals surface area (Å²) in [5.41, 5.74) is 3.93. The molecule has 0 saturated carbocycles. The molecule has 0 unspecified atom stereocenters. The van der Waals surface area contributed by atoms with Crippen LogP contribution >= 0.6 is 11.8 Å². The van der Waals surface area contributed by atoms with Crippen LogP contribution in [0.2, 0.25) is 0 Å². The average molecular weight is 429 g/mol. The van der Waals surface area contributed by atoms with Crippen LogP contribution in [0.1, 0.15) is 17.0 Å². The molecule has 2 N–H and O–H groups in total. The third-order valence-corrected chi connectivity index (χ3v) is 5.09. The van der Waals surface area contributed by atoms with Gasteiger partial charge in [0.1, 0.15) is 11.5 Å². The first-order valence-corrected chi connectivity index (χ1v) is 10.2. The van der Waals surface area contributed by atoms with Crippen LogP contribution in [-0.4, -0.2) is 36.1 Å². The molecule has 8 nitrogen and oxygen atoms in total. The number of anilines is 2. The number of nitrogens with one attached hydrogen (secondary N) is 2. The minimum atomic E-state index is -0.211. The van der Waals surface area contributed by atoms with E-state index in [9.17, 15) is 4.79 Å². The fourth-order valence-corrected chi connectivity index (χ4v) is 3.35. The van der Waals surface area contributed by atoms with Gasteiger partial charge in [0.05, 0.1) is 32.2 Å². The second-order valence-electron chi connectivity index (χ2n) is 6.54. The molecule has 158 valence electrons. The highest BCUT2D eigenvalue weighted by Crippen LogP contribution is 2.29. The van der Waals surface area contributed by atoms with Crippen molar-refractivity contribution in [3.63, 3.8) is 0 Å². The van der Waals surface area contributed by atoms with Crippen molar-refractivity contribution in [1.29, 1.82) is 0 Å². The lowest BCUT2D eigenvalue weighted by molar-refractivity contribution is -0.113. The van der Waals surface area contributed by atoms with Crippen LogP contribution < -0.4 is 20.1 Å². The second kappa shape index (κ2) is 10.0. The third-order valence-electron chi connectivity index (χ3n) is 4.27. The predicted octanol–water partition coefficient (Wildman–Crippen LogP) is 4.05. The molecule has 0 aliphatic rings. The summed E-state index contributed by atoms with van der Waals surface area (Å²) in [4.78, 5) is 12.3. The smallest absolute Gasteiger partial charge is 0.277 e. The Labute approximate surface area is 179 Å². The van der Waals surface area contributed by atoms with Crippen molar-refractivity contribution >= 4 is 29.0 Å². The molecule has 0 bridgehead atoms. The highest BCUT2D eigenvalue weighted by Gasteiger charge is 2.12. The number of nitrogens with zero attached hydrogens (tertiary/aromatic N) is 2. The lowest BCUT2D eigenvalue weighted by Gasteiger charge is -2.11. The van der Waals surface area contributed by atoms with Crippen LogP contribution in [0, 0.1) is 13.8 Å². The summed E-state index contributed by atoms with van der Waals surface area (Å²) in [6.07, 6.45) is 0. The van der Waals surface area contributed by atoms with Gasteiger partial charge in [0.15, 0.2) is 0 Å². The summed E-state index contributed by atoms with van der Waals surface area (Å²) in [6, 6.07) is 11.3. The summed E-state index contributed by atoms with van der Waals surface area (Å²) in [5.74, 6) is 1.53. The van der Waals surface area contributed by atoms with E-state index in [0.717, 1.165) is 11.3 Å². The summed E-state index contributed by atoms with van der Waals surface area (Å²) < 4.78 is 16.0. The number of aromatic nitrogens is 2. The maximum absolute atomic E-state index is 12.3. The molecule has 1 amide bonds. The SMILES string of the molecule is COc1ccc(NC(=O)CSc2nnc(CNc3ccc(C)cc3C)o2)c(OC)c1. The van der Waals surface area contributed by atoms with Crippen molar-refractivity contribution in [2.75, 3.05) is 30.6 Å². The van der Waals surface area contributed by atoms with Crippen LogP contribution in [0.4, 0.5) is 11.4 Å². The van der Waals surface area contributed by atoms with Crippen molar-refractivity contribution in [2.24, 2.45) is 0 Å². The van der Waals surface area contributed by atoms with Crippen molar-refractivity contribution in [2.45, 2.75) is 25.6 Å². The zero-order valence-corrected chi connectivity index (χ0v) is 18.1. The minimum Gasteiger partial charge on any atom is -0.497 e. The van der Waals surface area contributed by atoms with E-state index in [-0.39, 0.29) is 11.7 Å². The van der Waals surface area contributed by atoms with Gasteiger partial charge in [-0.3, -0.25) is 4.79 Å². The van der Waals surface area contributed by atoms with E-state index in [2.05, 4.69) is 33.8 Å². The molecule has 0 fully saturated rings. The Morgan fingerprint density at radius 3 is 2.60 bits per heavy atom. The number of amides is 1. The molecule has 2 aromatic carbocycles. The van der Waals surface area contributed by atoms with Gasteiger partial charge in [-0.2, -0.15) is 0 Å². The van der Waals surface area contributed by atoms with Crippen molar-refractivity contribution in [3.8, 4) is 11.5 Å². The molecule has 0 aliphatic heterocycles. The fourth-order valence-electron chi connectivity index (χ4n) is 2.77. The van der Waals surface area contributed by atoms with E-state index < -0.39 is 0 Å². The second-order valence-corrected chi connectivity index (χ2v) is 7.46. The van der Waals surface area contributed by atoms with Crippen molar-refractivity contribution in [3.05, 3.63) is 53.4 Å². The highest BCUT2D eigenvalue weighted by molar-refractivity contribution is 7.99. The Morgan fingerprint density at radius 1 is 1.07 bits per heavy atom. The molecule has 0 saturated heterocycles. The Morgan fingerprint density at radius 2 is 1.87 bits per heavy atom. The molecule has 1 aromatic heterocycles. The number of carbonyl (C=O) groups excluding carboxylic acids is 1. The minimum absolute atomic E-state index is 0.126. The van der Waals surface area contributed by atoms with E-state index in [1.54, 1.807) is 25.3 Å². The zero-order chi connectivity index (χ0) is 21.5. The van der Waals surface area contributed by atoms with Gasteiger partial charge in [0.2, 0.25) is 11.8 Å². The lowest BCUT2D eigenvalue weighted by atomic mass is 10.1. The molecule has 3 aromatic rings. The monoisotopic (exact) mass is 428 g/mol. The molecule has 0 aliphatic carbocycles. The molecule has 9 heteroatoms. The zero-order valence-electron chi connectivity index (χ0n) is 17.3. The topological polar surface area (TPSA) is 98.5 Å². The van der Waals surface area contributed by atoms with Gasteiger partial charge in [-0.05, 0) is 37.6 Å². The quantitative estimate of drug-likeness (QED) is 0.493. The van der Waals surface area contributed by atoms with E-state index in [4.69, 9.17) is 13.9 Å². The van der Waals surface area contributed by atoms with E-state index in [1.165, 1.54) is 24.4 Å². The maximum atomic E-state index is 12.3. The number of rotatable bonds is 9. The number of aryl methyl sites for hydroxylation is 2. The number of thioether (sulfide) groups is 1. The van der Waals surface area contributed by atoms with Gasteiger partial charge < -0.3 is 24.5 Å². The molecule has 0 atom stereocenters. The van der Waals surface area contributed by atoms with Gasteiger partial charge in [-0.25, -0.2) is 0 Å². The van der Waals surface area contributed by atoms with Crippen molar-refractivity contribution in [1.82, 2.24) is 10.2 Å². The Kier molecular flexibility index (Phi) is 7.18. The number of benzene rings is 2. The molecule has 0 spiro atoms. The molecule has 3 rings (SSSR count). The van der Waals surface area contributed by atoms with Crippen LogP contribution in [0.25, 0.3) is 0 Å². The van der Waals surface area contributed by atoms with Crippen LogP contribution in [0.15, 0.2) is 46.0 Å². The summed E-state index contributed by atoms with van der Waals surface area (Å²) in [6.45, 7) is 4.51. The third kappa shape index (κ3) is 5.66. The van der Waals surface area contributed by atoms with Gasteiger partial charge in [-0.15, -0.1) is 10.2 Å². The number of ether oxygens (including phenoxy) is 2. The molecular formula is C21H24N4O4S. The van der Waals surface area contributed by atoms with Gasteiger partial charge in [0, 0.05) is 11.8 Å². The summed E-state index contributed by atoms with van der Waals surface area (Å²) >= 11 is 1.17. The first kappa shape index (κ1) is 21.5. The highest BCUT2D eigenvalue weighted by atomic mass is 32.2. The number of hydrogen-bond acceptors (Lipinski definition) is 8. The van der Waals surface area contributed by atoms with Crippen LogP contribution in [0.5, 0.6) is 11.5 Å². The largest absolute Gasteiger partial charge is 0.497 e. The predicted molar refractivity (Wildman–Crippen MR) is 116 cm³/mol. The summed E-state index contributed by atoms with van der Waals surface area (Å²) in [5, 5.41) is 14.4. The van der Waals surface area contributed by atoms with Gasteiger partial charge >= 0.3 is 0 Å². The van der Waals surface area contributed by atoms with Crippen LogP contribution in [-0.2, 0) is 11.3 Å². The number of carbonyl (C=O) groups is 1. The molecular weight excluding hydrogens is 404 g/mol. The molecule has 0 radical (unpaired) electrons. The van der Waals surface area contributed by atoms with Gasteiger partial charge in [0.25, 0.3) is 5.22 Å². The Bertz CT molecular complexity index is 1020. The Hall–Kier alpha value is -3.20. The molecule has 1 heterocycles. The first-order valence-electron chi connectivity index (χ1n) is 9.26. The van der Waals surface area contributed by atoms with E-state index >= 15 is 0 Å². The number of methoxy groups -OCH3 is 2. The first-order chi connectivity index (χ1) is 14.5. The standard InChI is InChI=1S/C21H24N4O4S/c1-13-5-7-16(14(2)9-13)22-11-20-24-25-21(29-20)30-12-19(26)23-17-8-6-15(27-3)10-18(17)28-4/h5-10,22H,11-12H2,1-4H3,(H,23,26). The van der Waals surface area contributed by atoms with Crippen molar-refractivity contribution < 1.29 is 18.7 Å².